The predicted octanol–water partition coefficient (Wildman–Crippen LogP) is 0.421. The van der Waals surface area contributed by atoms with Crippen LogP contribution in [0.3, 0.4) is 0 Å². The summed E-state index contributed by atoms with van der Waals surface area (Å²) in [5, 5.41) is 2.51. The van der Waals surface area contributed by atoms with Crippen molar-refractivity contribution in [3.05, 3.63) is 24.4 Å². The number of hydrogen-bond donors (Lipinski definition) is 2. The molecule has 0 radical (unpaired) electrons. The maximum atomic E-state index is 11.6. The first-order chi connectivity index (χ1) is 7.77. The summed E-state index contributed by atoms with van der Waals surface area (Å²) in [5.41, 5.74) is 5.30. The average molecular weight is 222 g/mol. The first-order valence-corrected chi connectivity index (χ1v) is 4.92. The molecule has 1 rings (SSSR count). The Labute approximate surface area is 93.4 Å². The van der Waals surface area contributed by atoms with E-state index in [-0.39, 0.29) is 0 Å². The molecule has 0 saturated heterocycles. The molecule has 6 heteroatoms. The van der Waals surface area contributed by atoms with Crippen molar-refractivity contribution in [2.45, 2.75) is 6.42 Å². The monoisotopic (exact) mass is 222 g/mol. The van der Waals surface area contributed by atoms with Crippen LogP contribution in [0.5, 0.6) is 0 Å². The van der Waals surface area contributed by atoms with Gasteiger partial charge in [-0.1, -0.05) is 6.07 Å². The maximum absolute atomic E-state index is 11.6. The molecule has 0 fully saturated rings. The van der Waals surface area contributed by atoms with Crippen molar-refractivity contribution in [3.8, 4) is 0 Å². The van der Waals surface area contributed by atoms with Gasteiger partial charge in [0.05, 0.1) is 0 Å². The molecule has 16 heavy (non-hydrogen) atoms. The summed E-state index contributed by atoms with van der Waals surface area (Å²) in [7, 11) is 0. The fraction of sp³-hybridized carbons (Fsp3) is 0.300. The lowest BCUT2D eigenvalue weighted by Crippen LogP contribution is -2.35. The largest absolute Gasteiger partial charge is 0.330 e. The van der Waals surface area contributed by atoms with Crippen molar-refractivity contribution in [1.82, 2.24) is 9.88 Å². The second-order valence-electron chi connectivity index (χ2n) is 3.09. The number of aromatic nitrogens is 1. The molecular weight excluding hydrogens is 208 g/mol. The lowest BCUT2D eigenvalue weighted by molar-refractivity contribution is -0.115. The van der Waals surface area contributed by atoms with E-state index in [9.17, 15) is 9.59 Å². The number of rotatable bonds is 5. The molecule has 0 aromatic carbocycles. The minimum Gasteiger partial charge on any atom is -0.330 e. The number of carbonyl (C=O) groups is 2. The van der Waals surface area contributed by atoms with Gasteiger partial charge in [-0.3, -0.25) is 15.0 Å². The topological polar surface area (TPSA) is 88.3 Å². The van der Waals surface area contributed by atoms with E-state index in [2.05, 4.69) is 10.3 Å². The van der Waals surface area contributed by atoms with Crippen molar-refractivity contribution in [2.24, 2.45) is 5.73 Å². The molecule has 1 aromatic heterocycles. The molecule has 0 atom stereocenters. The number of carbonyl (C=O) groups excluding carboxylic acids is 2. The highest BCUT2D eigenvalue weighted by molar-refractivity contribution is 5.94. The normalized spacial score (nSPS) is 9.56. The zero-order chi connectivity index (χ0) is 11.8. The Morgan fingerprint density at radius 1 is 1.56 bits per heavy atom. The van der Waals surface area contributed by atoms with Gasteiger partial charge in [-0.05, 0) is 25.1 Å². The number of pyridine rings is 1. The minimum absolute atomic E-state index is 0.304. The highest BCUT2D eigenvalue weighted by Crippen LogP contribution is 2.01. The van der Waals surface area contributed by atoms with Crippen molar-refractivity contribution in [1.29, 1.82) is 0 Å². The van der Waals surface area contributed by atoms with Crippen molar-refractivity contribution in [3.63, 3.8) is 0 Å². The van der Waals surface area contributed by atoms with Crippen LogP contribution in [-0.4, -0.2) is 35.4 Å². The molecule has 0 aliphatic carbocycles. The highest BCUT2D eigenvalue weighted by Gasteiger charge is 2.11. The van der Waals surface area contributed by atoms with Gasteiger partial charge in [0.15, 0.2) is 0 Å². The lowest BCUT2D eigenvalue weighted by atomic mass is 10.4. The van der Waals surface area contributed by atoms with Crippen LogP contribution in [0.25, 0.3) is 0 Å². The third kappa shape index (κ3) is 3.66. The van der Waals surface area contributed by atoms with Crippen LogP contribution in [0.15, 0.2) is 24.4 Å². The molecular formula is C10H14N4O2. The molecule has 1 aromatic rings. The van der Waals surface area contributed by atoms with Gasteiger partial charge in [0, 0.05) is 12.7 Å². The first-order valence-electron chi connectivity index (χ1n) is 4.92. The summed E-state index contributed by atoms with van der Waals surface area (Å²) < 4.78 is 0. The summed E-state index contributed by atoms with van der Waals surface area (Å²) in [5.74, 6) is 0.409. The van der Waals surface area contributed by atoms with Crippen molar-refractivity contribution >= 4 is 18.3 Å². The van der Waals surface area contributed by atoms with E-state index in [0.717, 1.165) is 4.90 Å². The highest BCUT2D eigenvalue weighted by atomic mass is 16.2. The number of urea groups is 1. The van der Waals surface area contributed by atoms with E-state index in [1.54, 1.807) is 24.4 Å². The zero-order valence-electron chi connectivity index (χ0n) is 8.80. The quantitative estimate of drug-likeness (QED) is 0.707. The molecule has 0 saturated carbocycles. The van der Waals surface area contributed by atoms with Gasteiger partial charge in [0.2, 0.25) is 6.41 Å². The smallest absolute Gasteiger partial charge is 0.329 e. The van der Waals surface area contributed by atoms with E-state index >= 15 is 0 Å². The summed E-state index contributed by atoms with van der Waals surface area (Å²) in [4.78, 5) is 27.1. The Morgan fingerprint density at radius 3 is 2.94 bits per heavy atom. The number of imide groups is 1. The Kier molecular flexibility index (Phi) is 4.94. The van der Waals surface area contributed by atoms with E-state index in [0.29, 0.717) is 31.7 Å². The van der Waals surface area contributed by atoms with E-state index < -0.39 is 6.03 Å². The van der Waals surface area contributed by atoms with Gasteiger partial charge >= 0.3 is 6.03 Å². The van der Waals surface area contributed by atoms with Crippen LogP contribution in [-0.2, 0) is 4.79 Å². The molecule has 3 N–H and O–H groups in total. The molecule has 6 nitrogen and oxygen atoms in total. The maximum Gasteiger partial charge on any atom is 0.329 e. The third-order valence-corrected chi connectivity index (χ3v) is 1.89. The van der Waals surface area contributed by atoms with Gasteiger partial charge in [0.1, 0.15) is 5.82 Å². The second kappa shape index (κ2) is 6.52. The van der Waals surface area contributed by atoms with Gasteiger partial charge < -0.3 is 5.73 Å². The molecule has 1 heterocycles. The molecule has 0 aliphatic heterocycles. The van der Waals surface area contributed by atoms with Gasteiger partial charge in [-0.2, -0.15) is 0 Å². The summed E-state index contributed by atoms with van der Waals surface area (Å²) in [6.07, 6.45) is 2.61. The van der Waals surface area contributed by atoms with Crippen LogP contribution >= 0.6 is 0 Å². The molecule has 0 unspecified atom stereocenters. The zero-order valence-corrected chi connectivity index (χ0v) is 8.80. The molecule has 3 amide bonds. The number of nitrogens with one attached hydrogen (secondary N) is 1. The molecule has 0 aliphatic rings. The van der Waals surface area contributed by atoms with Crippen LogP contribution in [0.4, 0.5) is 10.6 Å². The Bertz CT molecular complexity index is 342. The summed E-state index contributed by atoms with van der Waals surface area (Å²) in [6, 6.07) is 4.63. The van der Waals surface area contributed by atoms with Crippen LogP contribution in [0, 0.1) is 0 Å². The lowest BCUT2D eigenvalue weighted by Gasteiger charge is -2.15. The number of nitrogens with two attached hydrogens (primary N) is 1. The van der Waals surface area contributed by atoms with Gasteiger partial charge in [-0.25, -0.2) is 9.78 Å². The standard InChI is InChI=1S/C10H14N4O2/c11-5-3-7-14(8-15)10(16)13-9-4-1-2-6-12-9/h1-2,4,6,8H,3,5,7,11H2,(H,12,13,16). The predicted molar refractivity (Wildman–Crippen MR) is 59.7 cm³/mol. The fourth-order valence-corrected chi connectivity index (χ4v) is 1.08. The molecule has 0 spiro atoms. The number of amides is 3. The Balaban J connectivity index is 2.53. The fourth-order valence-electron chi connectivity index (χ4n) is 1.08. The summed E-state index contributed by atoms with van der Waals surface area (Å²) in [6.45, 7) is 0.736. The first kappa shape index (κ1) is 12.1. The van der Waals surface area contributed by atoms with Crippen molar-refractivity contribution < 1.29 is 9.59 Å². The van der Waals surface area contributed by atoms with E-state index in [1.807, 2.05) is 0 Å². The Hall–Kier alpha value is -1.95. The van der Waals surface area contributed by atoms with Crippen LogP contribution < -0.4 is 11.1 Å². The van der Waals surface area contributed by atoms with Gasteiger partial charge in [0.25, 0.3) is 0 Å². The van der Waals surface area contributed by atoms with Crippen molar-refractivity contribution in [2.75, 3.05) is 18.4 Å². The SMILES string of the molecule is NCCCN(C=O)C(=O)Nc1ccccn1. The third-order valence-electron chi connectivity index (χ3n) is 1.89. The van der Waals surface area contributed by atoms with Crippen LogP contribution in [0.1, 0.15) is 6.42 Å². The number of anilines is 1. The second-order valence-corrected chi connectivity index (χ2v) is 3.09. The molecule has 0 bridgehead atoms. The summed E-state index contributed by atoms with van der Waals surface area (Å²) >= 11 is 0. The molecule has 86 valence electrons. The minimum atomic E-state index is -0.498. The van der Waals surface area contributed by atoms with E-state index in [4.69, 9.17) is 5.73 Å². The number of nitrogens with zero attached hydrogens (tertiary/aromatic N) is 2. The average Bonchev–Trinajstić information content (AvgIpc) is 2.31. The van der Waals surface area contributed by atoms with Crippen LogP contribution in [0.2, 0.25) is 0 Å². The van der Waals surface area contributed by atoms with Gasteiger partial charge in [-0.15, -0.1) is 0 Å². The Morgan fingerprint density at radius 2 is 2.38 bits per heavy atom. The van der Waals surface area contributed by atoms with E-state index in [1.165, 1.54) is 0 Å². The number of hydrogen-bond acceptors (Lipinski definition) is 4.